The van der Waals surface area contributed by atoms with Gasteiger partial charge in [0.1, 0.15) is 0 Å². The summed E-state index contributed by atoms with van der Waals surface area (Å²) in [5.41, 5.74) is 0. The Kier molecular flexibility index (Phi) is 11.9. The van der Waals surface area contributed by atoms with Crippen molar-refractivity contribution in [2.75, 3.05) is 59.1 Å². The first-order valence-electron chi connectivity index (χ1n) is 9.47. The summed E-state index contributed by atoms with van der Waals surface area (Å²) in [6, 6.07) is 0. The van der Waals surface area contributed by atoms with Crippen molar-refractivity contribution in [1.82, 2.24) is 15.5 Å². The maximum Gasteiger partial charge on any atom is 0.401 e. The molecule has 2 aliphatic heterocycles. The van der Waals surface area contributed by atoms with Gasteiger partial charge in [-0.1, -0.05) is 0 Å². The van der Waals surface area contributed by atoms with Gasteiger partial charge >= 0.3 is 6.18 Å². The minimum absolute atomic E-state index is 0. The molecule has 10 heteroatoms. The Morgan fingerprint density at radius 1 is 1.30 bits per heavy atom. The molecule has 2 unspecified atom stereocenters. The molecular formula is C17H32F3IN4O2. The third-order valence-corrected chi connectivity index (χ3v) is 4.48. The smallest absolute Gasteiger partial charge is 0.379 e. The fraction of sp³-hybridized carbons (Fsp3) is 0.941. The second-order valence-corrected chi connectivity index (χ2v) is 6.86. The first-order chi connectivity index (χ1) is 12.5. The molecule has 2 heterocycles. The van der Waals surface area contributed by atoms with Crippen LogP contribution in [0, 0.1) is 5.92 Å². The van der Waals surface area contributed by atoms with Crippen LogP contribution in [-0.2, 0) is 9.47 Å². The van der Waals surface area contributed by atoms with E-state index >= 15 is 0 Å². The van der Waals surface area contributed by atoms with Crippen molar-refractivity contribution in [3.05, 3.63) is 0 Å². The minimum Gasteiger partial charge on any atom is -0.379 e. The van der Waals surface area contributed by atoms with Crippen molar-refractivity contribution in [3.63, 3.8) is 0 Å². The van der Waals surface area contributed by atoms with Gasteiger partial charge in [-0.25, -0.2) is 0 Å². The van der Waals surface area contributed by atoms with Crippen LogP contribution in [0.3, 0.4) is 0 Å². The number of aliphatic imine (C=N–C) groups is 1. The molecule has 0 aromatic rings. The van der Waals surface area contributed by atoms with E-state index in [9.17, 15) is 13.2 Å². The Morgan fingerprint density at radius 2 is 2.11 bits per heavy atom. The maximum absolute atomic E-state index is 12.4. The Bertz CT molecular complexity index is 435. The predicted molar refractivity (Wildman–Crippen MR) is 110 cm³/mol. The molecule has 2 aliphatic rings. The van der Waals surface area contributed by atoms with E-state index in [2.05, 4.69) is 15.6 Å². The summed E-state index contributed by atoms with van der Waals surface area (Å²) in [4.78, 5) is 5.99. The number of guanidine groups is 1. The van der Waals surface area contributed by atoms with Crippen molar-refractivity contribution < 1.29 is 22.6 Å². The Morgan fingerprint density at radius 3 is 2.78 bits per heavy atom. The van der Waals surface area contributed by atoms with Crippen molar-refractivity contribution in [3.8, 4) is 0 Å². The molecule has 0 amide bonds. The fourth-order valence-corrected chi connectivity index (χ4v) is 3.19. The number of halogens is 4. The zero-order chi connectivity index (χ0) is 18.8. The lowest BCUT2D eigenvalue weighted by Crippen LogP contribution is -2.38. The van der Waals surface area contributed by atoms with E-state index in [-0.39, 0.29) is 36.0 Å². The highest BCUT2D eigenvalue weighted by Crippen LogP contribution is 2.22. The molecule has 0 saturated carbocycles. The molecule has 2 saturated heterocycles. The van der Waals surface area contributed by atoms with E-state index in [1.807, 2.05) is 6.92 Å². The molecule has 0 bridgehead atoms. The van der Waals surface area contributed by atoms with E-state index in [0.717, 1.165) is 39.0 Å². The Hall–Kier alpha value is -0.330. The van der Waals surface area contributed by atoms with Crippen molar-refractivity contribution >= 4 is 29.9 Å². The SMILES string of the molecule is CCNC(=NCC1CCN(CC(F)(F)F)C1)NCCCOC1CCOC1.I. The lowest BCUT2D eigenvalue weighted by Gasteiger charge is -2.17. The summed E-state index contributed by atoms with van der Waals surface area (Å²) in [6.07, 6.45) is -1.31. The van der Waals surface area contributed by atoms with Crippen LogP contribution in [0.1, 0.15) is 26.2 Å². The Labute approximate surface area is 176 Å². The number of ether oxygens (including phenoxy) is 2. The lowest BCUT2D eigenvalue weighted by atomic mass is 10.1. The molecule has 2 N–H and O–H groups in total. The second kappa shape index (κ2) is 13.0. The van der Waals surface area contributed by atoms with Crippen molar-refractivity contribution in [2.24, 2.45) is 10.9 Å². The monoisotopic (exact) mass is 508 g/mol. The number of rotatable bonds is 9. The molecule has 0 aromatic carbocycles. The van der Waals surface area contributed by atoms with Gasteiger partial charge in [-0.05, 0) is 38.6 Å². The van der Waals surface area contributed by atoms with Gasteiger partial charge < -0.3 is 20.1 Å². The molecule has 160 valence electrons. The minimum atomic E-state index is -4.12. The van der Waals surface area contributed by atoms with E-state index < -0.39 is 12.7 Å². The van der Waals surface area contributed by atoms with Crippen LogP contribution in [0.4, 0.5) is 13.2 Å². The zero-order valence-electron chi connectivity index (χ0n) is 15.9. The van der Waals surface area contributed by atoms with Crippen molar-refractivity contribution in [1.29, 1.82) is 0 Å². The van der Waals surface area contributed by atoms with E-state index in [0.29, 0.717) is 38.8 Å². The number of hydrogen-bond acceptors (Lipinski definition) is 4. The van der Waals surface area contributed by atoms with Crippen LogP contribution in [0.25, 0.3) is 0 Å². The standard InChI is InChI=1S/C17H31F3N4O2.HI/c1-2-21-16(22-6-3-8-26-15-5-9-25-12-15)23-10-14-4-7-24(11-14)13-17(18,19)20;/h14-15H,2-13H2,1H3,(H2,21,22,23);1H. The molecule has 0 aromatic heterocycles. The summed E-state index contributed by atoms with van der Waals surface area (Å²) in [7, 11) is 0. The molecule has 6 nitrogen and oxygen atoms in total. The van der Waals surface area contributed by atoms with Crippen LogP contribution in [0.2, 0.25) is 0 Å². The van der Waals surface area contributed by atoms with Gasteiger partial charge in [0, 0.05) is 39.4 Å². The largest absolute Gasteiger partial charge is 0.401 e. The van der Waals surface area contributed by atoms with Crippen LogP contribution in [-0.4, -0.2) is 82.2 Å². The lowest BCUT2D eigenvalue weighted by molar-refractivity contribution is -0.143. The zero-order valence-corrected chi connectivity index (χ0v) is 18.2. The number of nitrogens with one attached hydrogen (secondary N) is 2. The van der Waals surface area contributed by atoms with E-state index in [1.54, 1.807) is 0 Å². The van der Waals surface area contributed by atoms with Crippen molar-refractivity contribution in [2.45, 2.75) is 38.5 Å². The third-order valence-electron chi connectivity index (χ3n) is 4.48. The highest BCUT2D eigenvalue weighted by Gasteiger charge is 2.34. The van der Waals surface area contributed by atoms with Gasteiger partial charge in [0.25, 0.3) is 0 Å². The van der Waals surface area contributed by atoms with Gasteiger partial charge in [0.15, 0.2) is 5.96 Å². The molecule has 0 radical (unpaired) electrons. The summed E-state index contributed by atoms with van der Waals surface area (Å²) >= 11 is 0. The average molecular weight is 508 g/mol. The highest BCUT2D eigenvalue weighted by molar-refractivity contribution is 14.0. The van der Waals surface area contributed by atoms with Gasteiger partial charge in [0.05, 0.1) is 19.3 Å². The number of nitrogens with zero attached hydrogens (tertiary/aromatic N) is 2. The maximum atomic E-state index is 12.4. The van der Waals surface area contributed by atoms with Gasteiger partial charge in [-0.15, -0.1) is 24.0 Å². The van der Waals surface area contributed by atoms with Gasteiger partial charge in [0.2, 0.25) is 0 Å². The fourth-order valence-electron chi connectivity index (χ4n) is 3.19. The normalized spacial score (nSPS) is 24.1. The Balaban J connectivity index is 0.00000364. The first kappa shape index (κ1) is 24.7. The van der Waals surface area contributed by atoms with E-state index in [1.165, 1.54) is 4.90 Å². The third kappa shape index (κ3) is 10.7. The van der Waals surface area contributed by atoms with Crippen LogP contribution in [0.5, 0.6) is 0 Å². The van der Waals surface area contributed by atoms with Crippen LogP contribution < -0.4 is 10.6 Å². The van der Waals surface area contributed by atoms with E-state index in [4.69, 9.17) is 9.47 Å². The number of likely N-dealkylation sites (tertiary alicyclic amines) is 1. The summed E-state index contributed by atoms with van der Waals surface area (Å²) in [5, 5.41) is 6.43. The highest BCUT2D eigenvalue weighted by atomic mass is 127. The molecule has 0 spiro atoms. The molecular weight excluding hydrogens is 476 g/mol. The number of alkyl halides is 3. The summed E-state index contributed by atoms with van der Waals surface area (Å²) < 4.78 is 48.3. The molecule has 2 fully saturated rings. The topological polar surface area (TPSA) is 58.1 Å². The molecule has 0 aliphatic carbocycles. The second-order valence-electron chi connectivity index (χ2n) is 6.86. The quantitative estimate of drug-likeness (QED) is 0.217. The summed E-state index contributed by atoms with van der Waals surface area (Å²) in [6.45, 7) is 6.28. The predicted octanol–water partition coefficient (Wildman–Crippen LogP) is 2.24. The first-order valence-corrected chi connectivity index (χ1v) is 9.47. The average Bonchev–Trinajstić information content (AvgIpc) is 3.22. The van der Waals surface area contributed by atoms with Crippen LogP contribution in [0.15, 0.2) is 4.99 Å². The van der Waals surface area contributed by atoms with Crippen LogP contribution >= 0.6 is 24.0 Å². The molecule has 2 atom stereocenters. The summed E-state index contributed by atoms with van der Waals surface area (Å²) in [5.74, 6) is 0.893. The molecule has 27 heavy (non-hydrogen) atoms. The van der Waals surface area contributed by atoms with Gasteiger partial charge in [-0.3, -0.25) is 9.89 Å². The number of hydrogen-bond donors (Lipinski definition) is 2. The van der Waals surface area contributed by atoms with Gasteiger partial charge in [-0.2, -0.15) is 13.2 Å². The molecule has 2 rings (SSSR count).